The van der Waals surface area contributed by atoms with Gasteiger partial charge in [-0.15, -0.1) is 0 Å². The van der Waals surface area contributed by atoms with E-state index in [9.17, 15) is 13.2 Å². The molecule has 30 heavy (non-hydrogen) atoms. The van der Waals surface area contributed by atoms with Crippen LogP contribution >= 0.6 is 0 Å². The summed E-state index contributed by atoms with van der Waals surface area (Å²) in [6, 6.07) is 17.6. The van der Waals surface area contributed by atoms with Crippen LogP contribution in [-0.4, -0.2) is 41.5 Å². The lowest BCUT2D eigenvalue weighted by molar-refractivity contribution is 0.102. The molecule has 0 radical (unpaired) electrons. The van der Waals surface area contributed by atoms with Gasteiger partial charge >= 0.3 is 0 Å². The molecule has 2 heterocycles. The quantitative estimate of drug-likeness (QED) is 0.678. The van der Waals surface area contributed by atoms with Gasteiger partial charge in [0.05, 0.1) is 10.6 Å². The monoisotopic (exact) mass is 424 g/mol. The average molecular weight is 425 g/mol. The van der Waals surface area contributed by atoms with Crippen molar-refractivity contribution < 1.29 is 13.2 Å². The summed E-state index contributed by atoms with van der Waals surface area (Å²) in [5.74, 6) is -0.348. The minimum Gasteiger partial charge on any atom is -0.321 e. The molecule has 3 aromatic rings. The van der Waals surface area contributed by atoms with Gasteiger partial charge in [0.25, 0.3) is 5.91 Å². The lowest BCUT2D eigenvalue weighted by Gasteiger charge is -2.25. The Morgan fingerprint density at radius 3 is 2.30 bits per heavy atom. The highest BCUT2D eigenvalue weighted by Gasteiger charge is 2.25. The first kappa shape index (κ1) is 20.3. The van der Waals surface area contributed by atoms with Gasteiger partial charge in [-0.05, 0) is 62.2 Å². The minimum atomic E-state index is -3.49. The maximum atomic E-state index is 12.7. The Balaban J connectivity index is 1.48. The van der Waals surface area contributed by atoms with Crippen molar-refractivity contribution in [3.8, 4) is 5.69 Å². The summed E-state index contributed by atoms with van der Waals surface area (Å²) in [6.45, 7) is 3.01. The smallest absolute Gasteiger partial charge is 0.276 e. The van der Waals surface area contributed by atoms with Gasteiger partial charge in [-0.25, -0.2) is 13.1 Å². The molecule has 156 valence electrons. The second kappa shape index (κ2) is 8.41. The molecule has 0 atom stereocenters. The Bertz CT molecular complexity index is 1130. The molecule has 7 nitrogen and oxygen atoms in total. The fraction of sp³-hybridized carbons (Fsp3) is 0.273. The highest BCUT2D eigenvalue weighted by Crippen LogP contribution is 2.22. The molecule has 0 saturated carbocycles. The van der Waals surface area contributed by atoms with E-state index in [1.54, 1.807) is 22.9 Å². The van der Waals surface area contributed by atoms with Crippen molar-refractivity contribution in [3.63, 3.8) is 0 Å². The number of aryl methyl sites for hydroxylation is 1. The zero-order chi connectivity index (χ0) is 21.1. The molecule has 1 amide bonds. The van der Waals surface area contributed by atoms with Crippen molar-refractivity contribution in [3.05, 3.63) is 72.1 Å². The predicted molar refractivity (Wildman–Crippen MR) is 115 cm³/mol. The second-order valence-corrected chi connectivity index (χ2v) is 9.30. The molecular formula is C22H24N4O3S. The Kier molecular flexibility index (Phi) is 5.69. The number of hydrogen-bond donors (Lipinski definition) is 1. The number of nitrogens with one attached hydrogen (secondary N) is 1. The van der Waals surface area contributed by atoms with Crippen LogP contribution in [0.2, 0.25) is 0 Å². The van der Waals surface area contributed by atoms with Crippen molar-refractivity contribution in [2.24, 2.45) is 0 Å². The van der Waals surface area contributed by atoms with Gasteiger partial charge in [-0.1, -0.05) is 24.6 Å². The van der Waals surface area contributed by atoms with Gasteiger partial charge in [0.2, 0.25) is 10.0 Å². The SMILES string of the molecule is Cc1cc(C(=O)Nc2ccc(S(=O)(=O)N3CCCCC3)cc2)nn1-c1ccccc1. The number of carbonyl (C=O) groups is 1. The van der Waals surface area contributed by atoms with Crippen LogP contribution in [0, 0.1) is 6.92 Å². The van der Waals surface area contributed by atoms with E-state index in [0.717, 1.165) is 30.6 Å². The maximum absolute atomic E-state index is 12.7. The van der Waals surface area contributed by atoms with Crippen LogP contribution in [0.3, 0.4) is 0 Å². The summed E-state index contributed by atoms with van der Waals surface area (Å²) >= 11 is 0. The molecule has 1 N–H and O–H groups in total. The van der Waals surface area contributed by atoms with Crippen LogP contribution in [-0.2, 0) is 10.0 Å². The molecule has 4 rings (SSSR count). The van der Waals surface area contributed by atoms with E-state index >= 15 is 0 Å². The number of aromatic nitrogens is 2. The molecule has 0 spiro atoms. The van der Waals surface area contributed by atoms with Crippen LogP contribution in [0.25, 0.3) is 5.69 Å². The Morgan fingerprint density at radius 2 is 1.63 bits per heavy atom. The molecule has 1 fully saturated rings. The van der Waals surface area contributed by atoms with Crippen LogP contribution in [0.4, 0.5) is 5.69 Å². The number of piperidine rings is 1. The standard InChI is InChI=1S/C22H24N4O3S/c1-17-16-21(24-26(17)19-8-4-2-5-9-19)22(27)23-18-10-12-20(13-11-18)30(28,29)25-14-6-3-7-15-25/h2,4-5,8-13,16H,3,6-7,14-15H2,1H3,(H,23,27). The van der Waals surface area contributed by atoms with E-state index in [4.69, 9.17) is 0 Å². The van der Waals surface area contributed by atoms with Crippen LogP contribution < -0.4 is 5.32 Å². The third-order valence-electron chi connectivity index (χ3n) is 5.19. The molecule has 1 aliphatic rings. The van der Waals surface area contributed by atoms with Crippen molar-refractivity contribution in [1.29, 1.82) is 0 Å². The Hall–Kier alpha value is -2.97. The second-order valence-electron chi connectivity index (χ2n) is 7.36. The summed E-state index contributed by atoms with van der Waals surface area (Å²) in [6.07, 6.45) is 2.85. The van der Waals surface area contributed by atoms with Gasteiger partial charge in [-0.2, -0.15) is 9.40 Å². The zero-order valence-corrected chi connectivity index (χ0v) is 17.6. The van der Waals surface area contributed by atoms with E-state index in [1.807, 2.05) is 37.3 Å². The predicted octanol–water partition coefficient (Wildman–Crippen LogP) is 3.61. The van der Waals surface area contributed by atoms with Crippen molar-refractivity contribution in [1.82, 2.24) is 14.1 Å². The molecule has 2 aromatic carbocycles. The largest absolute Gasteiger partial charge is 0.321 e. The zero-order valence-electron chi connectivity index (χ0n) is 16.8. The van der Waals surface area contributed by atoms with Crippen molar-refractivity contribution >= 4 is 21.6 Å². The number of hydrogen-bond acceptors (Lipinski definition) is 4. The summed E-state index contributed by atoms with van der Waals surface area (Å²) < 4.78 is 28.7. The van der Waals surface area contributed by atoms with Gasteiger partial charge < -0.3 is 5.32 Å². The first-order chi connectivity index (χ1) is 14.4. The van der Waals surface area contributed by atoms with E-state index in [-0.39, 0.29) is 10.8 Å². The number of para-hydroxylation sites is 1. The van der Waals surface area contributed by atoms with Gasteiger partial charge in [-0.3, -0.25) is 4.79 Å². The highest BCUT2D eigenvalue weighted by molar-refractivity contribution is 7.89. The first-order valence-corrected chi connectivity index (χ1v) is 11.4. The molecular weight excluding hydrogens is 400 g/mol. The molecule has 1 aliphatic heterocycles. The molecule has 1 aromatic heterocycles. The Labute approximate surface area is 176 Å². The fourth-order valence-electron chi connectivity index (χ4n) is 3.58. The summed E-state index contributed by atoms with van der Waals surface area (Å²) in [4.78, 5) is 12.9. The third-order valence-corrected chi connectivity index (χ3v) is 7.10. The average Bonchev–Trinajstić information content (AvgIpc) is 3.17. The normalized spacial score (nSPS) is 15.1. The maximum Gasteiger partial charge on any atom is 0.276 e. The number of benzene rings is 2. The van der Waals surface area contributed by atoms with Crippen LogP contribution in [0.5, 0.6) is 0 Å². The summed E-state index contributed by atoms with van der Waals surface area (Å²) in [5, 5.41) is 7.18. The number of amides is 1. The molecule has 0 unspecified atom stereocenters. The van der Waals surface area contributed by atoms with E-state index in [0.29, 0.717) is 24.5 Å². The molecule has 1 saturated heterocycles. The Morgan fingerprint density at radius 1 is 0.967 bits per heavy atom. The number of anilines is 1. The molecule has 0 aliphatic carbocycles. The molecule has 0 bridgehead atoms. The minimum absolute atomic E-state index is 0.242. The summed E-state index contributed by atoms with van der Waals surface area (Å²) in [7, 11) is -3.49. The number of carbonyl (C=O) groups excluding carboxylic acids is 1. The van der Waals surface area contributed by atoms with Crippen molar-refractivity contribution in [2.45, 2.75) is 31.1 Å². The fourth-order valence-corrected chi connectivity index (χ4v) is 5.09. The third kappa shape index (κ3) is 4.15. The topological polar surface area (TPSA) is 84.3 Å². The van der Waals surface area contributed by atoms with Gasteiger partial charge in [0.15, 0.2) is 5.69 Å². The van der Waals surface area contributed by atoms with Gasteiger partial charge in [0.1, 0.15) is 0 Å². The number of rotatable bonds is 5. The summed E-state index contributed by atoms with van der Waals surface area (Å²) in [5.41, 5.74) is 2.53. The van der Waals surface area contributed by atoms with E-state index in [2.05, 4.69) is 10.4 Å². The van der Waals surface area contributed by atoms with E-state index in [1.165, 1.54) is 16.4 Å². The van der Waals surface area contributed by atoms with E-state index < -0.39 is 10.0 Å². The van der Waals surface area contributed by atoms with Gasteiger partial charge in [0, 0.05) is 24.5 Å². The highest BCUT2D eigenvalue weighted by atomic mass is 32.2. The lowest BCUT2D eigenvalue weighted by Crippen LogP contribution is -2.35. The lowest BCUT2D eigenvalue weighted by atomic mass is 10.2. The molecule has 8 heteroatoms. The van der Waals surface area contributed by atoms with Crippen LogP contribution in [0.15, 0.2) is 65.6 Å². The number of nitrogens with zero attached hydrogens (tertiary/aromatic N) is 3. The van der Waals surface area contributed by atoms with Crippen molar-refractivity contribution in [2.75, 3.05) is 18.4 Å². The first-order valence-electron chi connectivity index (χ1n) is 9.99. The van der Waals surface area contributed by atoms with Crippen LogP contribution in [0.1, 0.15) is 35.4 Å². The number of sulfonamides is 1.